The van der Waals surface area contributed by atoms with Gasteiger partial charge >= 0.3 is 0 Å². The van der Waals surface area contributed by atoms with E-state index >= 15 is 0 Å². The smallest absolute Gasteiger partial charge is 0.145 e. The number of nitrogens with two attached hydrogens (primary N) is 1. The number of hydrogen-bond acceptors (Lipinski definition) is 6. The zero-order chi connectivity index (χ0) is 13.7. The molecule has 2 aromatic rings. The van der Waals surface area contributed by atoms with Crippen LogP contribution in [0.1, 0.15) is 18.4 Å². The molecule has 0 unspecified atom stereocenters. The lowest BCUT2D eigenvalue weighted by atomic mass is 10.3. The Morgan fingerprint density at radius 3 is 2.74 bits per heavy atom. The number of nitrogens with zero attached hydrogens (tertiary/aromatic N) is 4. The van der Waals surface area contributed by atoms with Gasteiger partial charge in [0.2, 0.25) is 0 Å². The van der Waals surface area contributed by atoms with Crippen molar-refractivity contribution in [2.24, 2.45) is 12.9 Å². The third kappa shape index (κ3) is 3.65. The van der Waals surface area contributed by atoms with E-state index in [1.807, 2.05) is 26.2 Å². The predicted molar refractivity (Wildman–Crippen MR) is 74.6 cm³/mol. The minimum atomic E-state index is 0.618. The maximum Gasteiger partial charge on any atom is 0.145 e. The second-order valence-corrected chi connectivity index (χ2v) is 4.21. The first-order valence-electron chi connectivity index (χ1n) is 6.28. The number of aryl methyl sites for hydroxylation is 2. The van der Waals surface area contributed by atoms with Crippen LogP contribution in [0.3, 0.4) is 0 Å². The van der Waals surface area contributed by atoms with Crippen molar-refractivity contribution >= 4 is 11.6 Å². The van der Waals surface area contributed by atoms with Gasteiger partial charge in [-0.3, -0.25) is 4.68 Å². The van der Waals surface area contributed by atoms with Crippen LogP contribution in [-0.4, -0.2) is 26.3 Å². The van der Waals surface area contributed by atoms with E-state index in [0.29, 0.717) is 5.82 Å². The molecule has 0 aliphatic heterocycles. The van der Waals surface area contributed by atoms with E-state index in [1.165, 1.54) is 0 Å². The maximum absolute atomic E-state index is 5.38. The number of anilines is 2. The summed E-state index contributed by atoms with van der Waals surface area (Å²) < 4.78 is 1.80. The average molecular weight is 261 g/mol. The number of nitrogen functional groups attached to an aromatic ring is 1. The molecule has 7 heteroatoms. The van der Waals surface area contributed by atoms with Crippen LogP contribution >= 0.6 is 0 Å². The minimum Gasteiger partial charge on any atom is -0.370 e. The van der Waals surface area contributed by atoms with E-state index in [2.05, 4.69) is 25.8 Å². The Hall–Kier alpha value is -2.15. The molecule has 102 valence electrons. The highest BCUT2D eigenvalue weighted by Gasteiger charge is 2.03. The Labute approximate surface area is 112 Å². The van der Waals surface area contributed by atoms with Crippen LogP contribution in [-0.2, 0) is 19.9 Å². The van der Waals surface area contributed by atoms with Gasteiger partial charge in [0.05, 0.1) is 5.69 Å². The molecule has 0 aliphatic carbocycles. The average Bonchev–Trinajstić information content (AvgIpc) is 2.84. The Kier molecular flexibility index (Phi) is 4.30. The zero-order valence-electron chi connectivity index (χ0n) is 11.2. The number of nitrogens with one attached hydrogen (secondary N) is 2. The van der Waals surface area contributed by atoms with Gasteiger partial charge in [-0.15, -0.1) is 0 Å². The first-order chi connectivity index (χ1) is 9.21. The minimum absolute atomic E-state index is 0.618. The monoisotopic (exact) mass is 261 g/mol. The Morgan fingerprint density at radius 1 is 1.32 bits per heavy atom. The quantitative estimate of drug-likeness (QED) is 0.524. The molecule has 0 aromatic carbocycles. The molecular weight excluding hydrogens is 242 g/mol. The van der Waals surface area contributed by atoms with E-state index < -0.39 is 0 Å². The highest BCUT2D eigenvalue weighted by atomic mass is 15.3. The third-order valence-corrected chi connectivity index (χ3v) is 2.69. The number of hydrazine groups is 1. The summed E-state index contributed by atoms with van der Waals surface area (Å²) in [5.74, 6) is 7.54. The van der Waals surface area contributed by atoms with Crippen molar-refractivity contribution in [1.82, 2.24) is 19.7 Å². The Morgan fingerprint density at radius 2 is 2.11 bits per heavy atom. The van der Waals surface area contributed by atoms with Gasteiger partial charge in [0.1, 0.15) is 17.5 Å². The lowest BCUT2D eigenvalue weighted by molar-refractivity contribution is 0.741. The Bertz CT molecular complexity index is 512. The summed E-state index contributed by atoms with van der Waals surface area (Å²) in [5.41, 5.74) is 3.60. The number of rotatable bonds is 6. The van der Waals surface area contributed by atoms with Crippen molar-refractivity contribution in [2.45, 2.75) is 19.8 Å². The predicted octanol–water partition coefficient (Wildman–Crippen LogP) is 0.713. The molecule has 0 bridgehead atoms. The lowest BCUT2D eigenvalue weighted by Gasteiger charge is -2.08. The summed E-state index contributed by atoms with van der Waals surface area (Å²) in [6.07, 6.45) is 3.55. The van der Waals surface area contributed by atoms with E-state index in [-0.39, 0.29) is 0 Å². The van der Waals surface area contributed by atoms with Gasteiger partial charge in [-0.1, -0.05) is 6.92 Å². The van der Waals surface area contributed by atoms with Crippen molar-refractivity contribution in [3.05, 3.63) is 29.8 Å². The number of hydrogen-bond donors (Lipinski definition) is 3. The van der Waals surface area contributed by atoms with Crippen LogP contribution in [0.15, 0.2) is 18.3 Å². The first-order valence-corrected chi connectivity index (χ1v) is 6.28. The molecule has 0 atom stereocenters. The standard InChI is InChI=1S/C12H19N7/c1-3-10-15-11(8-12(16-10)17-13)14-6-4-9-5-7-19(2)18-9/h5,7-8H,3-4,6,13H2,1-2H3,(H2,14,15,16,17). The maximum atomic E-state index is 5.38. The first kappa shape index (κ1) is 13.3. The molecule has 7 nitrogen and oxygen atoms in total. The lowest BCUT2D eigenvalue weighted by Crippen LogP contribution is -2.13. The van der Waals surface area contributed by atoms with Crippen molar-refractivity contribution in [3.63, 3.8) is 0 Å². The SMILES string of the molecule is CCc1nc(NN)cc(NCCc2ccn(C)n2)n1. The molecule has 0 saturated heterocycles. The molecule has 0 fully saturated rings. The highest BCUT2D eigenvalue weighted by Crippen LogP contribution is 2.10. The van der Waals surface area contributed by atoms with Crippen molar-refractivity contribution in [1.29, 1.82) is 0 Å². The van der Waals surface area contributed by atoms with Gasteiger partial charge in [-0.2, -0.15) is 5.10 Å². The topological polar surface area (TPSA) is 93.7 Å². The van der Waals surface area contributed by atoms with Crippen molar-refractivity contribution in [2.75, 3.05) is 17.3 Å². The van der Waals surface area contributed by atoms with Gasteiger partial charge in [-0.05, 0) is 6.07 Å². The van der Waals surface area contributed by atoms with Crippen LogP contribution in [0.4, 0.5) is 11.6 Å². The molecule has 0 spiro atoms. The van der Waals surface area contributed by atoms with Gasteiger partial charge < -0.3 is 10.7 Å². The summed E-state index contributed by atoms with van der Waals surface area (Å²) in [4.78, 5) is 8.63. The Balaban J connectivity index is 1.95. The van der Waals surface area contributed by atoms with Crippen LogP contribution in [0.2, 0.25) is 0 Å². The zero-order valence-corrected chi connectivity index (χ0v) is 11.2. The largest absolute Gasteiger partial charge is 0.370 e. The summed E-state index contributed by atoms with van der Waals surface area (Å²) in [7, 11) is 1.91. The molecule has 19 heavy (non-hydrogen) atoms. The molecule has 0 saturated carbocycles. The van der Waals surface area contributed by atoms with Gasteiger partial charge in [0, 0.05) is 38.7 Å². The van der Waals surface area contributed by atoms with E-state index in [0.717, 1.165) is 36.7 Å². The van der Waals surface area contributed by atoms with Crippen molar-refractivity contribution < 1.29 is 0 Å². The van der Waals surface area contributed by atoms with E-state index in [1.54, 1.807) is 10.7 Å². The molecule has 2 aromatic heterocycles. The normalized spacial score (nSPS) is 10.5. The third-order valence-electron chi connectivity index (χ3n) is 2.69. The fourth-order valence-electron chi connectivity index (χ4n) is 1.73. The second kappa shape index (κ2) is 6.14. The summed E-state index contributed by atoms with van der Waals surface area (Å²) in [5, 5.41) is 7.58. The summed E-state index contributed by atoms with van der Waals surface area (Å²) >= 11 is 0. The molecule has 2 heterocycles. The van der Waals surface area contributed by atoms with Crippen LogP contribution in [0.5, 0.6) is 0 Å². The fourth-order valence-corrected chi connectivity index (χ4v) is 1.73. The van der Waals surface area contributed by atoms with Gasteiger partial charge in [-0.25, -0.2) is 15.8 Å². The highest BCUT2D eigenvalue weighted by molar-refractivity contribution is 5.46. The fraction of sp³-hybridized carbons (Fsp3) is 0.417. The van der Waals surface area contributed by atoms with Gasteiger partial charge in [0.25, 0.3) is 0 Å². The van der Waals surface area contributed by atoms with E-state index in [9.17, 15) is 0 Å². The van der Waals surface area contributed by atoms with Gasteiger partial charge in [0.15, 0.2) is 0 Å². The van der Waals surface area contributed by atoms with Crippen LogP contribution in [0, 0.1) is 0 Å². The second-order valence-electron chi connectivity index (χ2n) is 4.21. The van der Waals surface area contributed by atoms with Crippen molar-refractivity contribution in [3.8, 4) is 0 Å². The van der Waals surface area contributed by atoms with Crippen LogP contribution < -0.4 is 16.6 Å². The molecule has 0 radical (unpaired) electrons. The molecule has 0 amide bonds. The summed E-state index contributed by atoms with van der Waals surface area (Å²) in [6, 6.07) is 3.80. The molecule has 2 rings (SSSR count). The van der Waals surface area contributed by atoms with E-state index in [4.69, 9.17) is 5.84 Å². The molecular formula is C12H19N7. The molecule has 4 N–H and O–H groups in total. The van der Waals surface area contributed by atoms with Crippen LogP contribution in [0.25, 0.3) is 0 Å². The summed E-state index contributed by atoms with van der Waals surface area (Å²) in [6.45, 7) is 2.77. The number of aromatic nitrogens is 4. The molecule has 0 aliphatic rings.